The third-order valence-corrected chi connectivity index (χ3v) is 6.93. The number of nitrogens with one attached hydrogen (secondary N) is 2. The molecule has 2 aromatic heterocycles. The number of halogens is 1. The van der Waals surface area contributed by atoms with Crippen molar-refractivity contribution in [3.05, 3.63) is 112 Å². The van der Waals surface area contributed by atoms with Gasteiger partial charge in [-0.2, -0.15) is 0 Å². The maximum absolute atomic E-state index is 12.0. The Balaban J connectivity index is 1.58. The Morgan fingerprint density at radius 1 is 1.15 bits per heavy atom. The summed E-state index contributed by atoms with van der Waals surface area (Å²) in [4.78, 5) is 29.3. The maximum Gasteiger partial charge on any atom is 0.269 e. The average Bonchev–Trinajstić information content (AvgIpc) is 3.55. The number of nitrogens with zero attached hydrogens (tertiary/aromatic N) is 4. The number of hydrogen-bond acceptors (Lipinski definition) is 6. The highest BCUT2D eigenvalue weighted by Gasteiger charge is 2.42. The molecule has 1 amide bonds. The fraction of sp³-hybridized carbons (Fsp3) is 0.148. The molecule has 198 valence electrons. The first-order chi connectivity index (χ1) is 18.9. The van der Waals surface area contributed by atoms with Crippen LogP contribution in [0.5, 0.6) is 0 Å². The van der Waals surface area contributed by atoms with E-state index in [1.54, 1.807) is 30.5 Å². The van der Waals surface area contributed by atoms with Crippen LogP contribution < -0.4 is 15.5 Å². The van der Waals surface area contributed by atoms with Gasteiger partial charge in [-0.1, -0.05) is 17.7 Å². The van der Waals surface area contributed by atoms with E-state index in [0.717, 1.165) is 17.1 Å². The molecule has 2 N–H and O–H groups in total. The topological polar surface area (TPSA) is 115 Å². The van der Waals surface area contributed by atoms with Crippen LogP contribution in [-0.4, -0.2) is 39.2 Å². The number of ether oxygens (including phenoxy) is 1. The summed E-state index contributed by atoms with van der Waals surface area (Å²) in [5.41, 5.74) is 3.59. The van der Waals surface area contributed by atoms with Gasteiger partial charge in [0.1, 0.15) is 12.6 Å². The molecule has 4 aromatic rings. The van der Waals surface area contributed by atoms with Crippen molar-refractivity contribution in [2.75, 3.05) is 23.9 Å². The van der Waals surface area contributed by atoms with Crippen LogP contribution in [0.2, 0.25) is 5.02 Å². The van der Waals surface area contributed by atoms with Crippen molar-refractivity contribution in [3.63, 3.8) is 0 Å². The van der Waals surface area contributed by atoms with E-state index in [1.165, 1.54) is 19.2 Å². The zero-order valence-electron chi connectivity index (χ0n) is 20.7. The van der Waals surface area contributed by atoms with Crippen LogP contribution in [0.3, 0.4) is 0 Å². The van der Waals surface area contributed by atoms with E-state index in [4.69, 9.17) is 28.6 Å². The quantitative estimate of drug-likeness (QED) is 0.171. The van der Waals surface area contributed by atoms with Crippen molar-refractivity contribution in [2.24, 2.45) is 0 Å². The number of benzene rings is 2. The molecule has 5 rings (SSSR count). The predicted octanol–water partition coefficient (Wildman–Crippen LogP) is 5.20. The van der Waals surface area contributed by atoms with E-state index in [9.17, 15) is 14.9 Å². The van der Waals surface area contributed by atoms with E-state index in [-0.39, 0.29) is 30.3 Å². The van der Waals surface area contributed by atoms with Gasteiger partial charge in [0.15, 0.2) is 5.11 Å². The smallest absolute Gasteiger partial charge is 0.269 e. The van der Waals surface area contributed by atoms with E-state index in [2.05, 4.69) is 15.6 Å². The van der Waals surface area contributed by atoms with Crippen molar-refractivity contribution >= 4 is 51.9 Å². The standard InChI is InChI=1S/C27H23ClN6O4S/c1-38-16-24(35)30-21-12-11-19(15-20(21)28)33-26(25(31-27(33)39)22-5-2-3-13-29-22)23-6-4-14-32(23)17-7-9-18(10-8-17)34(36)37/h2-15,25-26H,16H2,1H3,(H,30,35)(H,31,39)/t25-,26+/m0/s1. The molecule has 1 saturated heterocycles. The second kappa shape index (κ2) is 11.2. The molecular weight excluding hydrogens is 540 g/mol. The lowest BCUT2D eigenvalue weighted by molar-refractivity contribution is -0.384. The summed E-state index contributed by atoms with van der Waals surface area (Å²) in [7, 11) is 1.44. The first-order valence-corrected chi connectivity index (χ1v) is 12.7. The molecule has 1 aliphatic heterocycles. The Morgan fingerprint density at radius 2 is 1.92 bits per heavy atom. The van der Waals surface area contributed by atoms with Crippen molar-refractivity contribution in [2.45, 2.75) is 12.1 Å². The van der Waals surface area contributed by atoms with Crippen LogP contribution in [-0.2, 0) is 9.53 Å². The van der Waals surface area contributed by atoms with Gasteiger partial charge in [0.05, 0.1) is 27.4 Å². The highest BCUT2D eigenvalue weighted by molar-refractivity contribution is 7.80. The summed E-state index contributed by atoms with van der Waals surface area (Å²) in [6, 6.07) is 20.5. The van der Waals surface area contributed by atoms with E-state index < -0.39 is 4.92 Å². The molecule has 2 atom stereocenters. The Morgan fingerprint density at radius 3 is 2.59 bits per heavy atom. The first-order valence-electron chi connectivity index (χ1n) is 11.9. The van der Waals surface area contributed by atoms with E-state index >= 15 is 0 Å². The van der Waals surface area contributed by atoms with Crippen molar-refractivity contribution in [3.8, 4) is 5.69 Å². The summed E-state index contributed by atoms with van der Waals surface area (Å²) in [5.74, 6) is -0.320. The number of thiocarbonyl (C=S) groups is 1. The SMILES string of the molecule is COCC(=O)Nc1ccc(N2C(=S)N[C@@H](c3ccccn3)[C@H]2c2cccn2-c2ccc([N+](=O)[O-])cc2)cc1Cl. The fourth-order valence-electron chi connectivity index (χ4n) is 4.61. The van der Waals surface area contributed by atoms with Crippen LogP contribution in [0, 0.1) is 10.1 Å². The molecule has 0 aliphatic carbocycles. The van der Waals surface area contributed by atoms with Crippen molar-refractivity contribution < 1.29 is 14.5 Å². The number of non-ortho nitro benzene ring substituents is 1. The van der Waals surface area contributed by atoms with Crippen LogP contribution in [0.15, 0.2) is 85.2 Å². The predicted molar refractivity (Wildman–Crippen MR) is 152 cm³/mol. The second-order valence-electron chi connectivity index (χ2n) is 8.72. The summed E-state index contributed by atoms with van der Waals surface area (Å²) in [6.07, 6.45) is 3.62. The lowest BCUT2D eigenvalue weighted by atomic mass is 10.0. The van der Waals surface area contributed by atoms with Crippen LogP contribution in [0.25, 0.3) is 5.69 Å². The third-order valence-electron chi connectivity index (χ3n) is 6.30. The molecule has 1 aliphatic rings. The van der Waals surface area contributed by atoms with Crippen LogP contribution >= 0.6 is 23.8 Å². The lowest BCUT2D eigenvalue weighted by Gasteiger charge is -2.29. The van der Waals surface area contributed by atoms with Gasteiger partial charge in [-0.25, -0.2) is 0 Å². The Kier molecular flexibility index (Phi) is 7.55. The minimum absolute atomic E-state index is 0.0106. The summed E-state index contributed by atoms with van der Waals surface area (Å²) < 4.78 is 6.85. The van der Waals surface area contributed by atoms with Gasteiger partial charge in [0.2, 0.25) is 5.91 Å². The molecule has 1 fully saturated rings. The monoisotopic (exact) mass is 562 g/mol. The number of hydrogen-bond donors (Lipinski definition) is 2. The maximum atomic E-state index is 12.0. The molecule has 2 aromatic carbocycles. The Labute approximate surface area is 234 Å². The van der Waals surface area contributed by atoms with Gasteiger partial charge >= 0.3 is 0 Å². The van der Waals surface area contributed by atoms with Crippen molar-refractivity contribution in [1.29, 1.82) is 0 Å². The molecule has 12 heteroatoms. The number of methoxy groups -OCH3 is 1. The van der Waals surface area contributed by atoms with E-state index in [0.29, 0.717) is 21.5 Å². The number of nitro groups is 1. The molecule has 3 heterocycles. The fourth-order valence-corrected chi connectivity index (χ4v) is 5.18. The van der Waals surface area contributed by atoms with Crippen molar-refractivity contribution in [1.82, 2.24) is 14.9 Å². The van der Waals surface area contributed by atoms with Gasteiger partial charge in [0.25, 0.3) is 5.69 Å². The van der Waals surface area contributed by atoms with Crippen LogP contribution in [0.4, 0.5) is 17.1 Å². The Bertz CT molecular complexity index is 1530. The number of pyridine rings is 1. The first kappa shape index (κ1) is 26.3. The largest absolute Gasteiger partial charge is 0.375 e. The molecule has 0 saturated carbocycles. The van der Waals surface area contributed by atoms with Gasteiger partial charge in [-0.05, 0) is 66.8 Å². The summed E-state index contributed by atoms with van der Waals surface area (Å²) in [6.45, 7) is -0.0916. The van der Waals surface area contributed by atoms with Crippen LogP contribution in [0.1, 0.15) is 23.5 Å². The van der Waals surface area contributed by atoms with E-state index in [1.807, 2.05) is 52.1 Å². The number of nitro benzene ring substituents is 1. The second-order valence-corrected chi connectivity index (χ2v) is 9.51. The molecule has 10 nitrogen and oxygen atoms in total. The minimum atomic E-state index is -0.427. The average molecular weight is 563 g/mol. The third kappa shape index (κ3) is 5.32. The van der Waals surface area contributed by atoms with Gasteiger partial charge < -0.3 is 24.8 Å². The molecule has 0 spiro atoms. The number of carbonyl (C=O) groups is 1. The highest BCUT2D eigenvalue weighted by atomic mass is 35.5. The van der Waals surface area contributed by atoms with Gasteiger partial charge in [-0.15, -0.1) is 0 Å². The molecule has 39 heavy (non-hydrogen) atoms. The zero-order valence-corrected chi connectivity index (χ0v) is 22.2. The number of aromatic nitrogens is 2. The molecule has 0 unspecified atom stereocenters. The molecule has 0 bridgehead atoms. The number of amides is 1. The molecule has 0 radical (unpaired) electrons. The lowest BCUT2D eigenvalue weighted by Crippen LogP contribution is -2.30. The zero-order chi connectivity index (χ0) is 27.5. The summed E-state index contributed by atoms with van der Waals surface area (Å²) >= 11 is 12.4. The molecular formula is C27H23ClN6O4S. The Hall–Kier alpha value is -4.32. The number of carbonyl (C=O) groups excluding carboxylic acids is 1. The number of rotatable bonds is 8. The van der Waals surface area contributed by atoms with Gasteiger partial charge in [0, 0.05) is 48.7 Å². The normalized spacial score (nSPS) is 16.7. The highest BCUT2D eigenvalue weighted by Crippen LogP contribution is 2.43. The number of anilines is 2. The van der Waals surface area contributed by atoms with Gasteiger partial charge in [-0.3, -0.25) is 19.9 Å². The minimum Gasteiger partial charge on any atom is -0.375 e. The summed E-state index contributed by atoms with van der Waals surface area (Å²) in [5, 5.41) is 18.1.